The number of carbonyl (C=O) groups excluding carboxylic acids is 2. The zero-order chi connectivity index (χ0) is 10.9. The van der Waals surface area contributed by atoms with E-state index in [4.69, 9.17) is 0 Å². The molecule has 0 aromatic heterocycles. The van der Waals surface area contributed by atoms with E-state index in [0.717, 1.165) is 10.5 Å². The van der Waals surface area contributed by atoms with Crippen LogP contribution >= 0.6 is 0 Å². The fourth-order valence-corrected chi connectivity index (χ4v) is 1.27. The summed E-state index contributed by atoms with van der Waals surface area (Å²) in [5.74, 6) is -0.899. The molecule has 14 heavy (non-hydrogen) atoms. The first-order valence-electron chi connectivity index (χ1n) is 4.35. The lowest BCUT2D eigenvalue weighted by Crippen LogP contribution is -2.38. The lowest BCUT2D eigenvalue weighted by atomic mass is 10.2. The Morgan fingerprint density at radius 1 is 1.50 bits per heavy atom. The SMILES string of the molecule is CC(C)=CC1=CC(=O)N(C(C)O)C1=O. The van der Waals surface area contributed by atoms with Gasteiger partial charge in [0.25, 0.3) is 11.8 Å². The van der Waals surface area contributed by atoms with E-state index in [1.165, 1.54) is 13.0 Å². The lowest BCUT2D eigenvalue weighted by Gasteiger charge is -2.17. The molecule has 0 aromatic rings. The van der Waals surface area contributed by atoms with Crippen LogP contribution in [-0.4, -0.2) is 28.0 Å². The molecule has 1 N–H and O–H groups in total. The average molecular weight is 195 g/mol. The van der Waals surface area contributed by atoms with E-state index in [1.807, 2.05) is 13.8 Å². The number of hydrogen-bond acceptors (Lipinski definition) is 3. The van der Waals surface area contributed by atoms with Gasteiger partial charge in [0.2, 0.25) is 0 Å². The predicted octanol–water partition coefficient (Wildman–Crippen LogP) is 0.586. The van der Waals surface area contributed by atoms with Gasteiger partial charge in [0, 0.05) is 11.6 Å². The van der Waals surface area contributed by atoms with Gasteiger partial charge in [-0.25, -0.2) is 4.90 Å². The molecular weight excluding hydrogens is 182 g/mol. The third-order valence-corrected chi connectivity index (χ3v) is 1.80. The number of imide groups is 1. The largest absolute Gasteiger partial charge is 0.373 e. The number of rotatable bonds is 2. The minimum Gasteiger partial charge on any atom is -0.373 e. The maximum atomic E-state index is 11.5. The highest BCUT2D eigenvalue weighted by Crippen LogP contribution is 2.17. The normalized spacial score (nSPS) is 18.3. The average Bonchev–Trinajstić information content (AvgIpc) is 2.25. The van der Waals surface area contributed by atoms with Crippen molar-refractivity contribution in [2.24, 2.45) is 0 Å². The van der Waals surface area contributed by atoms with Crippen LogP contribution in [0.1, 0.15) is 20.8 Å². The molecule has 4 heteroatoms. The standard InChI is InChI=1S/C10H13NO3/c1-6(2)4-8-5-9(13)11(7(3)12)10(8)14/h4-5,7,12H,1-3H3. The topological polar surface area (TPSA) is 57.6 Å². The number of carbonyl (C=O) groups is 2. The lowest BCUT2D eigenvalue weighted by molar-refractivity contribution is -0.146. The third-order valence-electron chi connectivity index (χ3n) is 1.80. The van der Waals surface area contributed by atoms with Crippen molar-refractivity contribution in [2.45, 2.75) is 27.0 Å². The molecule has 1 atom stereocenters. The van der Waals surface area contributed by atoms with Gasteiger partial charge in [-0.15, -0.1) is 0 Å². The molecule has 1 aliphatic rings. The Balaban J connectivity index is 2.96. The van der Waals surface area contributed by atoms with Crippen LogP contribution in [0.4, 0.5) is 0 Å². The van der Waals surface area contributed by atoms with Crippen molar-refractivity contribution in [1.82, 2.24) is 4.90 Å². The highest BCUT2D eigenvalue weighted by Gasteiger charge is 2.32. The zero-order valence-corrected chi connectivity index (χ0v) is 8.44. The summed E-state index contributed by atoms with van der Waals surface area (Å²) in [5, 5.41) is 9.18. The Labute approximate surface area is 82.5 Å². The molecule has 0 bridgehead atoms. The summed E-state index contributed by atoms with van der Waals surface area (Å²) < 4.78 is 0. The van der Waals surface area contributed by atoms with Crippen molar-refractivity contribution in [3.8, 4) is 0 Å². The van der Waals surface area contributed by atoms with Crippen LogP contribution < -0.4 is 0 Å². The molecule has 0 radical (unpaired) electrons. The van der Waals surface area contributed by atoms with Crippen molar-refractivity contribution in [3.05, 3.63) is 23.3 Å². The Morgan fingerprint density at radius 3 is 2.43 bits per heavy atom. The van der Waals surface area contributed by atoms with Crippen molar-refractivity contribution < 1.29 is 14.7 Å². The number of amides is 2. The fraction of sp³-hybridized carbons (Fsp3) is 0.400. The van der Waals surface area contributed by atoms with E-state index < -0.39 is 18.0 Å². The van der Waals surface area contributed by atoms with E-state index in [1.54, 1.807) is 6.08 Å². The van der Waals surface area contributed by atoms with Crippen LogP contribution in [0.3, 0.4) is 0 Å². The molecule has 1 heterocycles. The predicted molar refractivity (Wildman–Crippen MR) is 51.0 cm³/mol. The summed E-state index contributed by atoms with van der Waals surface area (Å²) in [7, 11) is 0. The second-order valence-corrected chi connectivity index (χ2v) is 3.47. The minimum atomic E-state index is -1.07. The monoisotopic (exact) mass is 195 g/mol. The van der Waals surface area contributed by atoms with Crippen LogP contribution in [0.25, 0.3) is 0 Å². The van der Waals surface area contributed by atoms with Gasteiger partial charge in [-0.3, -0.25) is 9.59 Å². The molecule has 0 spiro atoms. The second-order valence-electron chi connectivity index (χ2n) is 3.47. The molecule has 76 valence electrons. The number of nitrogens with zero attached hydrogens (tertiary/aromatic N) is 1. The summed E-state index contributed by atoms with van der Waals surface area (Å²) >= 11 is 0. The van der Waals surface area contributed by atoms with Gasteiger partial charge in [0.15, 0.2) is 0 Å². The Kier molecular flexibility index (Phi) is 2.86. The van der Waals surface area contributed by atoms with Gasteiger partial charge < -0.3 is 5.11 Å². The molecule has 1 rings (SSSR count). The summed E-state index contributed by atoms with van der Waals surface area (Å²) in [4.78, 5) is 23.6. The van der Waals surface area contributed by atoms with Crippen molar-refractivity contribution in [3.63, 3.8) is 0 Å². The van der Waals surface area contributed by atoms with E-state index in [2.05, 4.69) is 0 Å². The van der Waals surface area contributed by atoms with E-state index in [0.29, 0.717) is 5.57 Å². The molecule has 0 saturated heterocycles. The number of hydrogen-bond donors (Lipinski definition) is 1. The van der Waals surface area contributed by atoms with E-state index in [-0.39, 0.29) is 0 Å². The van der Waals surface area contributed by atoms with Crippen LogP contribution in [-0.2, 0) is 9.59 Å². The smallest absolute Gasteiger partial charge is 0.263 e. The summed E-state index contributed by atoms with van der Waals surface area (Å²) in [6.45, 7) is 5.06. The fourth-order valence-electron chi connectivity index (χ4n) is 1.27. The van der Waals surface area contributed by atoms with Crippen LogP contribution in [0.15, 0.2) is 23.3 Å². The van der Waals surface area contributed by atoms with Crippen molar-refractivity contribution in [1.29, 1.82) is 0 Å². The van der Waals surface area contributed by atoms with Gasteiger partial charge in [0.1, 0.15) is 6.23 Å². The van der Waals surface area contributed by atoms with E-state index in [9.17, 15) is 14.7 Å². The summed E-state index contributed by atoms with van der Waals surface area (Å²) in [6, 6.07) is 0. The van der Waals surface area contributed by atoms with Crippen LogP contribution in [0.2, 0.25) is 0 Å². The first kappa shape index (κ1) is 10.7. The molecule has 1 aliphatic heterocycles. The Hall–Kier alpha value is -1.42. The number of aliphatic hydroxyl groups is 1. The minimum absolute atomic E-state index is 0.330. The molecule has 0 saturated carbocycles. The van der Waals surface area contributed by atoms with Gasteiger partial charge in [-0.05, 0) is 20.8 Å². The van der Waals surface area contributed by atoms with Crippen LogP contribution in [0, 0.1) is 0 Å². The molecule has 4 nitrogen and oxygen atoms in total. The molecule has 2 amide bonds. The van der Waals surface area contributed by atoms with Gasteiger partial charge >= 0.3 is 0 Å². The van der Waals surface area contributed by atoms with Gasteiger partial charge in [0.05, 0.1) is 0 Å². The zero-order valence-electron chi connectivity index (χ0n) is 8.44. The summed E-state index contributed by atoms with van der Waals surface area (Å²) in [5.41, 5.74) is 1.26. The Bertz CT molecular complexity index is 335. The molecule has 0 aromatic carbocycles. The van der Waals surface area contributed by atoms with Crippen molar-refractivity contribution in [2.75, 3.05) is 0 Å². The number of allylic oxidation sites excluding steroid dienone is 1. The molecular formula is C10H13NO3. The molecule has 0 fully saturated rings. The van der Waals surface area contributed by atoms with Crippen LogP contribution in [0.5, 0.6) is 0 Å². The summed E-state index contributed by atoms with van der Waals surface area (Å²) in [6.07, 6.45) is 1.79. The van der Waals surface area contributed by atoms with Gasteiger partial charge in [-0.1, -0.05) is 11.6 Å². The molecule has 0 aliphatic carbocycles. The Morgan fingerprint density at radius 2 is 2.07 bits per heavy atom. The number of aliphatic hydroxyl groups excluding tert-OH is 1. The quantitative estimate of drug-likeness (QED) is 0.656. The highest BCUT2D eigenvalue weighted by atomic mass is 16.3. The first-order valence-corrected chi connectivity index (χ1v) is 4.35. The maximum absolute atomic E-state index is 11.5. The molecule has 1 unspecified atom stereocenters. The highest BCUT2D eigenvalue weighted by molar-refractivity contribution is 6.17. The van der Waals surface area contributed by atoms with Crippen molar-refractivity contribution >= 4 is 11.8 Å². The van der Waals surface area contributed by atoms with E-state index >= 15 is 0 Å². The van der Waals surface area contributed by atoms with Gasteiger partial charge in [-0.2, -0.15) is 0 Å². The third kappa shape index (κ3) is 1.90. The first-order chi connectivity index (χ1) is 6.43. The maximum Gasteiger partial charge on any atom is 0.263 e. The second kappa shape index (κ2) is 3.75.